The number of hydrogen-bond donors (Lipinski definition) is 0. The van der Waals surface area contributed by atoms with Crippen LogP contribution < -0.4 is 0 Å². The quantitative estimate of drug-likeness (QED) is 0.0461. The predicted molar refractivity (Wildman–Crippen MR) is 229 cm³/mol. The Morgan fingerprint density at radius 1 is 0.509 bits per heavy atom. The predicted octanol–water partition coefficient (Wildman–Crippen LogP) is 15.0. The number of rotatable bonds is 40. The van der Waals surface area contributed by atoms with Crippen LogP contribution in [0.15, 0.2) is 0 Å². The van der Waals surface area contributed by atoms with Crippen molar-refractivity contribution in [3.05, 3.63) is 0 Å². The summed E-state index contributed by atoms with van der Waals surface area (Å²) < 4.78 is 11.6. The molecule has 1 aliphatic rings. The number of nitrogens with zero attached hydrogens (tertiary/aromatic N) is 1. The zero-order valence-electron chi connectivity index (χ0n) is 36.4. The topological polar surface area (TPSA) is 55.8 Å². The molecule has 1 atom stereocenters. The van der Waals surface area contributed by atoms with Crippen molar-refractivity contribution in [3.8, 4) is 0 Å². The van der Waals surface area contributed by atoms with Gasteiger partial charge in [-0.05, 0) is 90.1 Å². The number of ether oxygens (including phenoxy) is 2. The van der Waals surface area contributed by atoms with Crippen molar-refractivity contribution < 1.29 is 19.1 Å². The van der Waals surface area contributed by atoms with E-state index in [0.29, 0.717) is 25.0 Å². The van der Waals surface area contributed by atoms with Gasteiger partial charge in [-0.2, -0.15) is 0 Å². The highest BCUT2D eigenvalue weighted by molar-refractivity contribution is 5.69. The first-order valence-electron chi connectivity index (χ1n) is 24.1. The average molecular weight is 748 g/mol. The average Bonchev–Trinajstić information content (AvgIpc) is 3.55. The Kier molecular flexibility index (Phi) is 34.4. The zero-order chi connectivity index (χ0) is 38.5. The molecule has 53 heavy (non-hydrogen) atoms. The highest BCUT2D eigenvalue weighted by Gasteiger charge is 2.39. The van der Waals surface area contributed by atoms with Crippen LogP contribution in [-0.4, -0.2) is 48.2 Å². The van der Waals surface area contributed by atoms with Gasteiger partial charge in [0.15, 0.2) is 0 Å². The van der Waals surface area contributed by atoms with Gasteiger partial charge in [-0.15, -0.1) is 0 Å². The van der Waals surface area contributed by atoms with Gasteiger partial charge in [0.25, 0.3) is 0 Å². The van der Waals surface area contributed by atoms with Crippen molar-refractivity contribution in [3.63, 3.8) is 0 Å². The molecule has 0 N–H and O–H groups in total. The van der Waals surface area contributed by atoms with Gasteiger partial charge in [0.05, 0.1) is 6.61 Å². The molecular formula is C48H93NO4. The number of likely N-dealkylation sites (tertiary alicyclic amines) is 1. The lowest BCUT2D eigenvalue weighted by molar-refractivity contribution is -0.150. The molecule has 0 saturated carbocycles. The minimum absolute atomic E-state index is 0.00315. The fourth-order valence-electron chi connectivity index (χ4n) is 8.67. The first-order chi connectivity index (χ1) is 26.0. The molecule has 314 valence electrons. The Morgan fingerprint density at radius 3 is 1.47 bits per heavy atom. The zero-order valence-corrected chi connectivity index (χ0v) is 36.4. The molecule has 1 aliphatic heterocycles. The van der Waals surface area contributed by atoms with E-state index < -0.39 is 0 Å². The molecule has 1 unspecified atom stereocenters. The minimum atomic E-state index is 0.00315. The number of unbranched alkanes of at least 4 members (excludes halogenated alkanes) is 23. The molecule has 0 aromatic heterocycles. The summed E-state index contributed by atoms with van der Waals surface area (Å²) in [6.45, 7) is 12.2. The van der Waals surface area contributed by atoms with Gasteiger partial charge in [-0.1, -0.05) is 175 Å². The summed E-state index contributed by atoms with van der Waals surface area (Å²) in [5.74, 6) is 0.0507. The summed E-state index contributed by atoms with van der Waals surface area (Å²) in [6, 6.07) is 0. The summed E-state index contributed by atoms with van der Waals surface area (Å²) >= 11 is 0. The fourth-order valence-corrected chi connectivity index (χ4v) is 8.67. The molecule has 1 heterocycles. The third-order valence-electron chi connectivity index (χ3n) is 12.1. The number of hydrogen-bond acceptors (Lipinski definition) is 5. The van der Waals surface area contributed by atoms with E-state index in [1.54, 1.807) is 0 Å². The van der Waals surface area contributed by atoms with E-state index >= 15 is 0 Å². The first kappa shape index (κ1) is 49.9. The number of esters is 2. The van der Waals surface area contributed by atoms with E-state index in [9.17, 15) is 9.59 Å². The summed E-state index contributed by atoms with van der Waals surface area (Å²) in [6.07, 6.45) is 44.7. The van der Waals surface area contributed by atoms with E-state index in [2.05, 4.69) is 32.6 Å². The highest BCUT2D eigenvalue weighted by Crippen LogP contribution is 2.39. The maximum absolute atomic E-state index is 12.9. The third kappa shape index (κ3) is 28.0. The smallest absolute Gasteiger partial charge is 0.306 e. The Hall–Kier alpha value is -1.10. The van der Waals surface area contributed by atoms with Gasteiger partial charge < -0.3 is 9.47 Å². The molecule has 1 rings (SSSR count). The van der Waals surface area contributed by atoms with Crippen LogP contribution >= 0.6 is 0 Å². The van der Waals surface area contributed by atoms with Gasteiger partial charge >= 0.3 is 11.9 Å². The molecule has 5 heteroatoms. The second-order valence-corrected chi connectivity index (χ2v) is 17.1. The molecule has 0 spiro atoms. The standard InChI is InChI=1S/C48H93NO4/c1-5-9-13-16-19-26-33-44-52-46(50)37-29-22-24-31-39-48(41-34-43-49(48)42-12-8-4)40-32-25-23-30-38-47(51)53-45(35-27-20-17-14-10-6-2)36-28-21-18-15-11-7-3/h45H,5-44H2,1-4H3. The fraction of sp³-hybridized carbons (Fsp3) is 0.958. The van der Waals surface area contributed by atoms with Crippen LogP contribution in [0.3, 0.4) is 0 Å². The van der Waals surface area contributed by atoms with Crippen LogP contribution in [0.5, 0.6) is 0 Å². The van der Waals surface area contributed by atoms with Crippen molar-refractivity contribution in [2.45, 2.75) is 277 Å². The molecular weight excluding hydrogens is 655 g/mol. The van der Waals surface area contributed by atoms with Gasteiger partial charge in [0.2, 0.25) is 0 Å². The van der Waals surface area contributed by atoms with Crippen LogP contribution in [0.1, 0.15) is 265 Å². The lowest BCUT2D eigenvalue weighted by Crippen LogP contribution is -2.44. The Morgan fingerprint density at radius 2 is 0.943 bits per heavy atom. The Bertz CT molecular complexity index is 801. The molecule has 0 radical (unpaired) electrons. The lowest BCUT2D eigenvalue weighted by Gasteiger charge is -2.39. The molecule has 1 saturated heterocycles. The third-order valence-corrected chi connectivity index (χ3v) is 12.1. The minimum Gasteiger partial charge on any atom is -0.466 e. The molecule has 0 aliphatic carbocycles. The summed E-state index contributed by atoms with van der Waals surface area (Å²) in [5, 5.41) is 0. The number of carbonyl (C=O) groups is 2. The summed E-state index contributed by atoms with van der Waals surface area (Å²) in [5.41, 5.74) is 0.365. The van der Waals surface area contributed by atoms with E-state index in [-0.39, 0.29) is 18.0 Å². The molecule has 1 fully saturated rings. The Balaban J connectivity index is 2.36. The van der Waals surface area contributed by atoms with Gasteiger partial charge in [-0.25, -0.2) is 0 Å². The second-order valence-electron chi connectivity index (χ2n) is 17.1. The first-order valence-corrected chi connectivity index (χ1v) is 24.1. The van der Waals surface area contributed by atoms with Gasteiger partial charge in [-0.3, -0.25) is 14.5 Å². The molecule has 0 aromatic rings. The van der Waals surface area contributed by atoms with Crippen molar-refractivity contribution in [2.24, 2.45) is 0 Å². The molecule has 0 amide bonds. The van der Waals surface area contributed by atoms with E-state index in [4.69, 9.17) is 9.47 Å². The largest absolute Gasteiger partial charge is 0.466 e. The van der Waals surface area contributed by atoms with Crippen LogP contribution in [-0.2, 0) is 19.1 Å². The van der Waals surface area contributed by atoms with Gasteiger partial charge in [0.1, 0.15) is 6.10 Å². The highest BCUT2D eigenvalue weighted by atomic mass is 16.5. The van der Waals surface area contributed by atoms with Crippen LogP contribution in [0, 0.1) is 0 Å². The summed E-state index contributed by atoms with van der Waals surface area (Å²) in [7, 11) is 0. The van der Waals surface area contributed by atoms with Crippen molar-refractivity contribution in [2.75, 3.05) is 19.7 Å². The van der Waals surface area contributed by atoms with Crippen molar-refractivity contribution in [1.29, 1.82) is 0 Å². The van der Waals surface area contributed by atoms with E-state index in [1.165, 1.54) is 193 Å². The van der Waals surface area contributed by atoms with Crippen LogP contribution in [0.2, 0.25) is 0 Å². The van der Waals surface area contributed by atoms with Crippen molar-refractivity contribution in [1.82, 2.24) is 4.90 Å². The van der Waals surface area contributed by atoms with E-state index in [1.807, 2.05) is 0 Å². The van der Waals surface area contributed by atoms with Crippen LogP contribution in [0.4, 0.5) is 0 Å². The SMILES string of the molecule is CCCCCCCCCOC(=O)CCCCCCC1(CCCCCCC(=O)OC(CCCCCCCC)CCCCCCCC)CCCN1CCCC. The normalized spacial score (nSPS) is 16.2. The lowest BCUT2D eigenvalue weighted by atomic mass is 9.83. The van der Waals surface area contributed by atoms with Crippen LogP contribution in [0.25, 0.3) is 0 Å². The van der Waals surface area contributed by atoms with E-state index in [0.717, 1.165) is 44.9 Å². The van der Waals surface area contributed by atoms with Crippen molar-refractivity contribution >= 4 is 11.9 Å². The monoisotopic (exact) mass is 748 g/mol. The number of carbonyl (C=O) groups excluding carboxylic acids is 2. The molecule has 5 nitrogen and oxygen atoms in total. The van der Waals surface area contributed by atoms with Gasteiger partial charge in [0, 0.05) is 18.4 Å². The maximum atomic E-state index is 12.9. The molecule has 0 bridgehead atoms. The maximum Gasteiger partial charge on any atom is 0.306 e. The second kappa shape index (κ2) is 36.5. The summed E-state index contributed by atoms with van der Waals surface area (Å²) in [4.78, 5) is 28.0. The molecule has 0 aromatic carbocycles. The Labute approximate surface area is 331 Å².